The van der Waals surface area contributed by atoms with Gasteiger partial charge in [-0.05, 0) is 55.7 Å². The quantitative estimate of drug-likeness (QED) is 0.535. The van der Waals surface area contributed by atoms with Crippen LogP contribution in [0.3, 0.4) is 0 Å². The number of benzene rings is 2. The normalized spacial score (nSPS) is 12.0. The van der Waals surface area contributed by atoms with Gasteiger partial charge in [0.1, 0.15) is 12.1 Å². The summed E-state index contributed by atoms with van der Waals surface area (Å²) in [5.41, 5.74) is 5.23. The Bertz CT molecular complexity index is 1180. The fourth-order valence-electron chi connectivity index (χ4n) is 3.13. The van der Waals surface area contributed by atoms with Gasteiger partial charge >= 0.3 is 0 Å². The summed E-state index contributed by atoms with van der Waals surface area (Å²) in [7, 11) is 0. The van der Waals surface area contributed by atoms with Gasteiger partial charge < -0.3 is 10.1 Å². The molecule has 2 aromatic heterocycles. The molecule has 152 valence electrons. The molecule has 7 heteroatoms. The number of nitrogens with zero attached hydrogens (tertiary/aromatic N) is 4. The first kappa shape index (κ1) is 19.6. The molecule has 0 aliphatic rings. The number of carbonyl (C=O) groups is 1. The summed E-state index contributed by atoms with van der Waals surface area (Å²) in [6.45, 7) is 6.25. The van der Waals surface area contributed by atoms with Crippen molar-refractivity contribution in [2.24, 2.45) is 0 Å². The highest BCUT2D eigenvalue weighted by molar-refractivity contribution is 5.80. The van der Waals surface area contributed by atoms with Crippen LogP contribution in [0.25, 0.3) is 17.0 Å². The minimum Gasteiger partial charge on any atom is -0.481 e. The Morgan fingerprint density at radius 3 is 2.63 bits per heavy atom. The monoisotopic (exact) mass is 401 g/mol. The maximum absolute atomic E-state index is 12.4. The van der Waals surface area contributed by atoms with E-state index >= 15 is 0 Å². The van der Waals surface area contributed by atoms with Gasteiger partial charge in [-0.1, -0.05) is 30.3 Å². The van der Waals surface area contributed by atoms with Crippen molar-refractivity contribution in [1.29, 1.82) is 0 Å². The van der Waals surface area contributed by atoms with Gasteiger partial charge in [-0.15, -0.1) is 0 Å². The van der Waals surface area contributed by atoms with Crippen LogP contribution in [-0.4, -0.2) is 31.6 Å². The lowest BCUT2D eigenvalue weighted by atomic mass is 10.1. The van der Waals surface area contributed by atoms with Gasteiger partial charge in [-0.2, -0.15) is 14.6 Å². The predicted molar refractivity (Wildman–Crippen MR) is 114 cm³/mol. The van der Waals surface area contributed by atoms with Gasteiger partial charge in [-0.3, -0.25) is 4.79 Å². The van der Waals surface area contributed by atoms with Gasteiger partial charge in [0.05, 0.1) is 5.69 Å². The SMILES string of the molecule is Cc1ccc(OC(C)C(=O)NCc2ccc(-c3ccnc4ncnn34)cc2)cc1C. The third-order valence-corrected chi connectivity index (χ3v) is 5.06. The van der Waals surface area contributed by atoms with Crippen molar-refractivity contribution in [3.63, 3.8) is 0 Å². The molecule has 1 atom stereocenters. The van der Waals surface area contributed by atoms with E-state index in [-0.39, 0.29) is 5.91 Å². The number of ether oxygens (including phenoxy) is 1. The summed E-state index contributed by atoms with van der Waals surface area (Å²) in [5.74, 6) is 1.10. The Kier molecular flexibility index (Phi) is 5.43. The molecule has 0 bridgehead atoms. The van der Waals surface area contributed by atoms with Crippen LogP contribution in [0.2, 0.25) is 0 Å². The molecule has 4 rings (SSSR count). The van der Waals surface area contributed by atoms with E-state index in [1.807, 2.05) is 62.4 Å². The second kappa shape index (κ2) is 8.32. The van der Waals surface area contributed by atoms with Crippen LogP contribution >= 0.6 is 0 Å². The molecule has 1 unspecified atom stereocenters. The standard InChI is InChI=1S/C23H23N5O2/c1-15-4-9-20(12-16(15)2)30-17(3)22(29)25-13-18-5-7-19(8-6-18)21-10-11-24-23-26-14-27-28(21)23/h4-12,14,17H,13H2,1-3H3,(H,25,29). The molecular formula is C23H23N5O2. The van der Waals surface area contributed by atoms with Crippen LogP contribution in [0.5, 0.6) is 5.75 Å². The van der Waals surface area contributed by atoms with Crippen LogP contribution in [0, 0.1) is 13.8 Å². The number of aromatic nitrogens is 4. The number of amides is 1. The number of rotatable bonds is 6. The van der Waals surface area contributed by atoms with Crippen LogP contribution in [0.4, 0.5) is 0 Å². The maximum atomic E-state index is 12.4. The van der Waals surface area contributed by atoms with E-state index in [2.05, 4.69) is 20.4 Å². The second-order valence-corrected chi connectivity index (χ2v) is 7.22. The summed E-state index contributed by atoms with van der Waals surface area (Å²) in [4.78, 5) is 20.7. The molecule has 1 N–H and O–H groups in total. The minimum absolute atomic E-state index is 0.157. The smallest absolute Gasteiger partial charge is 0.261 e. The third-order valence-electron chi connectivity index (χ3n) is 5.06. The first-order chi connectivity index (χ1) is 14.5. The lowest BCUT2D eigenvalue weighted by Crippen LogP contribution is -2.35. The lowest BCUT2D eigenvalue weighted by Gasteiger charge is -2.16. The van der Waals surface area contributed by atoms with E-state index in [9.17, 15) is 4.79 Å². The average Bonchev–Trinajstić information content (AvgIpc) is 3.24. The fraction of sp³-hybridized carbons (Fsp3) is 0.217. The van der Waals surface area contributed by atoms with Crippen molar-refractivity contribution in [3.8, 4) is 17.0 Å². The number of nitrogens with one attached hydrogen (secondary N) is 1. The Hall–Kier alpha value is -3.74. The highest BCUT2D eigenvalue weighted by atomic mass is 16.5. The summed E-state index contributed by atoms with van der Waals surface area (Å²) < 4.78 is 7.47. The molecule has 4 aromatic rings. The Balaban J connectivity index is 1.37. The zero-order valence-corrected chi connectivity index (χ0v) is 17.2. The number of aryl methyl sites for hydroxylation is 2. The molecule has 0 radical (unpaired) electrons. The third kappa shape index (κ3) is 4.15. The van der Waals surface area contributed by atoms with E-state index in [1.54, 1.807) is 17.6 Å². The topological polar surface area (TPSA) is 81.4 Å². The summed E-state index contributed by atoms with van der Waals surface area (Å²) in [5, 5.41) is 7.14. The average molecular weight is 401 g/mol. The van der Waals surface area contributed by atoms with Crippen molar-refractivity contribution in [2.75, 3.05) is 0 Å². The van der Waals surface area contributed by atoms with Gasteiger partial charge in [-0.25, -0.2) is 4.98 Å². The van der Waals surface area contributed by atoms with Crippen molar-refractivity contribution in [1.82, 2.24) is 24.9 Å². The molecule has 0 aliphatic carbocycles. The number of fused-ring (bicyclic) bond motifs is 1. The summed E-state index contributed by atoms with van der Waals surface area (Å²) in [6, 6.07) is 15.7. The van der Waals surface area contributed by atoms with E-state index < -0.39 is 6.10 Å². The first-order valence-electron chi connectivity index (χ1n) is 9.77. The Labute approximate surface area is 174 Å². The molecule has 0 fully saturated rings. The number of hydrogen-bond acceptors (Lipinski definition) is 5. The summed E-state index contributed by atoms with van der Waals surface area (Å²) in [6.07, 6.45) is 2.62. The molecule has 0 aliphatic heterocycles. The van der Waals surface area contributed by atoms with E-state index in [0.29, 0.717) is 18.1 Å². The molecule has 1 amide bonds. The summed E-state index contributed by atoms with van der Waals surface area (Å²) >= 11 is 0. The van der Waals surface area contributed by atoms with Crippen LogP contribution < -0.4 is 10.1 Å². The zero-order chi connectivity index (χ0) is 21.1. The molecule has 2 aromatic carbocycles. The van der Waals surface area contributed by atoms with Gasteiger partial charge in [0, 0.05) is 18.3 Å². The van der Waals surface area contributed by atoms with Gasteiger partial charge in [0.15, 0.2) is 6.10 Å². The predicted octanol–water partition coefficient (Wildman–Crippen LogP) is 3.49. The molecular weight excluding hydrogens is 378 g/mol. The molecule has 0 saturated carbocycles. The number of carbonyl (C=O) groups excluding carboxylic acids is 1. The Morgan fingerprint density at radius 2 is 1.87 bits per heavy atom. The van der Waals surface area contributed by atoms with E-state index in [0.717, 1.165) is 22.4 Å². The van der Waals surface area contributed by atoms with Crippen molar-refractivity contribution in [3.05, 3.63) is 77.7 Å². The Morgan fingerprint density at radius 1 is 1.07 bits per heavy atom. The van der Waals surface area contributed by atoms with E-state index in [1.165, 1.54) is 11.9 Å². The van der Waals surface area contributed by atoms with Crippen molar-refractivity contribution < 1.29 is 9.53 Å². The zero-order valence-electron chi connectivity index (χ0n) is 17.2. The fourth-order valence-corrected chi connectivity index (χ4v) is 3.13. The molecule has 30 heavy (non-hydrogen) atoms. The van der Waals surface area contributed by atoms with Crippen LogP contribution in [0.1, 0.15) is 23.6 Å². The van der Waals surface area contributed by atoms with E-state index in [4.69, 9.17) is 4.74 Å². The minimum atomic E-state index is -0.580. The largest absolute Gasteiger partial charge is 0.481 e. The van der Waals surface area contributed by atoms with Crippen LogP contribution in [0.15, 0.2) is 61.1 Å². The lowest BCUT2D eigenvalue weighted by molar-refractivity contribution is -0.127. The maximum Gasteiger partial charge on any atom is 0.261 e. The van der Waals surface area contributed by atoms with Gasteiger partial charge in [0.25, 0.3) is 11.7 Å². The van der Waals surface area contributed by atoms with Crippen molar-refractivity contribution in [2.45, 2.75) is 33.4 Å². The van der Waals surface area contributed by atoms with Gasteiger partial charge in [0.2, 0.25) is 0 Å². The first-order valence-corrected chi connectivity index (χ1v) is 9.77. The molecule has 0 spiro atoms. The van der Waals surface area contributed by atoms with Crippen molar-refractivity contribution >= 4 is 11.7 Å². The molecule has 0 saturated heterocycles. The highest BCUT2D eigenvalue weighted by Gasteiger charge is 2.15. The second-order valence-electron chi connectivity index (χ2n) is 7.22. The number of hydrogen-bond donors (Lipinski definition) is 1. The van der Waals surface area contributed by atoms with Crippen LogP contribution in [-0.2, 0) is 11.3 Å². The highest BCUT2D eigenvalue weighted by Crippen LogP contribution is 2.20. The molecule has 2 heterocycles. The molecule has 7 nitrogen and oxygen atoms in total.